The second-order valence-electron chi connectivity index (χ2n) is 3.72. The zero-order valence-corrected chi connectivity index (χ0v) is 10.7. The number of carboxylic acid groups (broad SMARTS) is 1. The van der Waals surface area contributed by atoms with Gasteiger partial charge in [0.25, 0.3) is 0 Å². The molecule has 0 aromatic carbocycles. The van der Waals surface area contributed by atoms with Gasteiger partial charge in [-0.1, -0.05) is 0 Å². The monoisotopic (exact) mass is 261 g/mol. The lowest BCUT2D eigenvalue weighted by Crippen LogP contribution is -2.05. The highest BCUT2D eigenvalue weighted by atomic mass is 32.2. The summed E-state index contributed by atoms with van der Waals surface area (Å²) < 4.78 is 0. The molecule has 0 aliphatic carbocycles. The summed E-state index contributed by atoms with van der Waals surface area (Å²) in [6.07, 6.45) is 3.03. The van der Waals surface area contributed by atoms with Crippen LogP contribution in [0.4, 0.5) is 0 Å². The molecule has 0 radical (unpaired) electrons. The standard InChI is InChI=1S/C12H11N3O2S/c1-7-5-8(2)15-11(10(7)12(16)17)18-9-3-4-13-6-14-9/h3-6H,1-2H3,(H,16,17). The lowest BCUT2D eigenvalue weighted by molar-refractivity contribution is 0.0691. The molecule has 2 rings (SSSR count). The number of hydrogen-bond donors (Lipinski definition) is 1. The third-order valence-electron chi connectivity index (χ3n) is 2.28. The minimum absolute atomic E-state index is 0.226. The molecule has 0 fully saturated rings. The number of pyridine rings is 1. The Morgan fingerprint density at radius 2 is 2.17 bits per heavy atom. The van der Waals surface area contributed by atoms with Crippen molar-refractivity contribution >= 4 is 17.7 Å². The molecule has 1 N–H and O–H groups in total. The van der Waals surface area contributed by atoms with Crippen molar-refractivity contribution in [2.24, 2.45) is 0 Å². The number of rotatable bonds is 3. The number of nitrogens with zero attached hydrogens (tertiary/aromatic N) is 3. The van der Waals surface area contributed by atoms with Gasteiger partial charge in [-0.3, -0.25) is 0 Å². The molecule has 2 aromatic heterocycles. The Balaban J connectivity index is 2.46. The van der Waals surface area contributed by atoms with Gasteiger partial charge >= 0.3 is 5.97 Å². The molecule has 0 aliphatic heterocycles. The number of aromatic nitrogens is 3. The second kappa shape index (κ2) is 5.14. The van der Waals surface area contributed by atoms with Gasteiger partial charge in [0.15, 0.2) is 0 Å². The van der Waals surface area contributed by atoms with Crippen molar-refractivity contribution in [3.8, 4) is 0 Å². The Labute approximate surface area is 108 Å². The summed E-state index contributed by atoms with van der Waals surface area (Å²) in [6, 6.07) is 3.48. The molecule has 5 nitrogen and oxygen atoms in total. The van der Waals surface area contributed by atoms with E-state index in [9.17, 15) is 9.90 Å². The number of carboxylic acids is 1. The summed E-state index contributed by atoms with van der Waals surface area (Å²) in [5, 5.41) is 10.4. The van der Waals surface area contributed by atoms with Crippen molar-refractivity contribution in [1.82, 2.24) is 15.0 Å². The van der Waals surface area contributed by atoms with Crippen molar-refractivity contribution < 1.29 is 9.90 Å². The average Bonchev–Trinajstić information content (AvgIpc) is 2.28. The van der Waals surface area contributed by atoms with E-state index < -0.39 is 5.97 Å². The average molecular weight is 261 g/mol. The number of aryl methyl sites for hydroxylation is 2. The molecule has 0 aliphatic rings. The van der Waals surface area contributed by atoms with E-state index in [0.717, 1.165) is 5.69 Å². The van der Waals surface area contributed by atoms with Gasteiger partial charge in [0.05, 0.1) is 5.56 Å². The minimum atomic E-state index is -0.975. The van der Waals surface area contributed by atoms with E-state index in [0.29, 0.717) is 15.6 Å². The van der Waals surface area contributed by atoms with E-state index in [4.69, 9.17) is 0 Å². The van der Waals surface area contributed by atoms with Crippen LogP contribution in [0.2, 0.25) is 0 Å². The summed E-state index contributed by atoms with van der Waals surface area (Å²) in [5.41, 5.74) is 1.71. The predicted octanol–water partition coefficient (Wildman–Crippen LogP) is 2.34. The summed E-state index contributed by atoms with van der Waals surface area (Å²) in [4.78, 5) is 23.4. The Bertz CT molecular complexity index is 587. The van der Waals surface area contributed by atoms with Crippen LogP contribution < -0.4 is 0 Å². The molecule has 2 aromatic rings. The summed E-state index contributed by atoms with van der Waals surface area (Å²) in [6.45, 7) is 3.60. The van der Waals surface area contributed by atoms with Gasteiger partial charge in [-0.25, -0.2) is 19.7 Å². The van der Waals surface area contributed by atoms with Crippen LogP contribution in [-0.2, 0) is 0 Å². The first-order valence-electron chi connectivity index (χ1n) is 5.23. The van der Waals surface area contributed by atoms with Crippen molar-refractivity contribution in [3.05, 3.63) is 41.5 Å². The predicted molar refractivity (Wildman–Crippen MR) is 66.8 cm³/mol. The lowest BCUT2D eigenvalue weighted by Gasteiger charge is -2.08. The Kier molecular flexibility index (Phi) is 3.57. The van der Waals surface area contributed by atoms with Gasteiger partial charge in [0, 0.05) is 11.9 Å². The van der Waals surface area contributed by atoms with Crippen molar-refractivity contribution in [2.45, 2.75) is 23.9 Å². The van der Waals surface area contributed by atoms with E-state index in [-0.39, 0.29) is 5.56 Å². The van der Waals surface area contributed by atoms with Crippen molar-refractivity contribution in [3.63, 3.8) is 0 Å². The van der Waals surface area contributed by atoms with Crippen LogP contribution in [0.25, 0.3) is 0 Å². The van der Waals surface area contributed by atoms with E-state index in [1.54, 1.807) is 25.3 Å². The largest absolute Gasteiger partial charge is 0.478 e. The summed E-state index contributed by atoms with van der Waals surface area (Å²) in [5.74, 6) is -0.975. The van der Waals surface area contributed by atoms with Crippen molar-refractivity contribution in [2.75, 3.05) is 0 Å². The zero-order valence-electron chi connectivity index (χ0n) is 9.91. The molecule has 18 heavy (non-hydrogen) atoms. The van der Waals surface area contributed by atoms with Crippen LogP contribution in [-0.4, -0.2) is 26.0 Å². The Morgan fingerprint density at radius 3 is 2.78 bits per heavy atom. The zero-order chi connectivity index (χ0) is 13.1. The van der Waals surface area contributed by atoms with Crippen LogP contribution in [0.1, 0.15) is 21.6 Å². The molecule has 0 unspecified atom stereocenters. The van der Waals surface area contributed by atoms with Gasteiger partial charge in [-0.2, -0.15) is 0 Å². The van der Waals surface area contributed by atoms with Crippen LogP contribution >= 0.6 is 11.8 Å². The SMILES string of the molecule is Cc1cc(C)c(C(=O)O)c(Sc2ccncn2)n1. The fourth-order valence-corrected chi connectivity index (χ4v) is 2.54. The first-order chi connectivity index (χ1) is 8.58. The molecule has 0 atom stereocenters. The first kappa shape index (κ1) is 12.5. The van der Waals surface area contributed by atoms with E-state index in [2.05, 4.69) is 15.0 Å². The van der Waals surface area contributed by atoms with E-state index in [1.807, 2.05) is 6.92 Å². The fourth-order valence-electron chi connectivity index (χ4n) is 1.57. The van der Waals surface area contributed by atoms with E-state index in [1.165, 1.54) is 18.1 Å². The third-order valence-corrected chi connectivity index (χ3v) is 3.22. The van der Waals surface area contributed by atoms with Crippen molar-refractivity contribution in [1.29, 1.82) is 0 Å². The molecule has 0 saturated heterocycles. The number of carbonyl (C=O) groups is 1. The molecule has 0 bridgehead atoms. The quantitative estimate of drug-likeness (QED) is 0.855. The normalized spacial score (nSPS) is 10.3. The van der Waals surface area contributed by atoms with Crippen LogP contribution in [0.15, 0.2) is 34.7 Å². The maximum Gasteiger partial charge on any atom is 0.338 e. The van der Waals surface area contributed by atoms with Gasteiger partial charge in [0.1, 0.15) is 16.4 Å². The molecule has 0 spiro atoms. The highest BCUT2D eigenvalue weighted by molar-refractivity contribution is 7.99. The van der Waals surface area contributed by atoms with Gasteiger partial charge in [-0.15, -0.1) is 0 Å². The van der Waals surface area contributed by atoms with Gasteiger partial charge in [-0.05, 0) is 43.3 Å². The van der Waals surface area contributed by atoms with Crippen LogP contribution in [0.5, 0.6) is 0 Å². The maximum atomic E-state index is 11.3. The van der Waals surface area contributed by atoms with Crippen LogP contribution in [0, 0.1) is 13.8 Å². The molecule has 92 valence electrons. The molecule has 0 saturated carbocycles. The van der Waals surface area contributed by atoms with Gasteiger partial charge in [0.2, 0.25) is 0 Å². The Hall–Kier alpha value is -1.95. The fraction of sp³-hybridized carbons (Fsp3) is 0.167. The molecule has 2 heterocycles. The summed E-state index contributed by atoms with van der Waals surface area (Å²) >= 11 is 1.23. The molecule has 6 heteroatoms. The van der Waals surface area contributed by atoms with E-state index >= 15 is 0 Å². The van der Waals surface area contributed by atoms with Gasteiger partial charge < -0.3 is 5.11 Å². The lowest BCUT2D eigenvalue weighted by atomic mass is 10.1. The number of hydrogen-bond acceptors (Lipinski definition) is 5. The molecular formula is C12H11N3O2S. The summed E-state index contributed by atoms with van der Waals surface area (Å²) in [7, 11) is 0. The smallest absolute Gasteiger partial charge is 0.338 e. The maximum absolute atomic E-state index is 11.3. The minimum Gasteiger partial charge on any atom is -0.478 e. The first-order valence-corrected chi connectivity index (χ1v) is 6.05. The highest BCUT2D eigenvalue weighted by Crippen LogP contribution is 2.29. The topological polar surface area (TPSA) is 76.0 Å². The molecule has 0 amide bonds. The second-order valence-corrected chi connectivity index (χ2v) is 4.72. The van der Waals surface area contributed by atoms with Crippen LogP contribution in [0.3, 0.4) is 0 Å². The highest BCUT2D eigenvalue weighted by Gasteiger charge is 2.17. The number of aromatic carboxylic acids is 1. The molecular weight excluding hydrogens is 250 g/mol. The third kappa shape index (κ3) is 2.65. The Morgan fingerprint density at radius 1 is 1.39 bits per heavy atom.